The van der Waals surface area contributed by atoms with Gasteiger partial charge < -0.3 is 14.7 Å². The quantitative estimate of drug-likeness (QED) is 0.256. The summed E-state index contributed by atoms with van der Waals surface area (Å²) < 4.78 is 0. The molecule has 2 atom stereocenters. The molecule has 0 radical (unpaired) electrons. The molecule has 13 nitrogen and oxygen atoms in total. The van der Waals surface area contributed by atoms with Gasteiger partial charge in [0.15, 0.2) is 0 Å². The van der Waals surface area contributed by atoms with Crippen LogP contribution in [-0.2, 0) is 16.0 Å². The molecule has 6 aliphatic rings. The third-order valence-corrected chi connectivity index (χ3v) is 13.6. The highest BCUT2D eigenvalue weighted by Gasteiger charge is 2.46. The van der Waals surface area contributed by atoms with Gasteiger partial charge in [0.25, 0.3) is 11.8 Å². The predicted octanol–water partition coefficient (Wildman–Crippen LogP) is 5.11. The topological polar surface area (TPSA) is 127 Å². The van der Waals surface area contributed by atoms with Crippen LogP contribution in [0, 0.1) is 17.9 Å². The number of piperidine rings is 3. The van der Waals surface area contributed by atoms with Gasteiger partial charge in [0.2, 0.25) is 17.5 Å². The fraction of sp³-hybridized carbons (Fsp3) is 0.500. The Morgan fingerprint density at radius 2 is 1.64 bits per heavy atom. The van der Waals surface area contributed by atoms with Gasteiger partial charge in [-0.2, -0.15) is 0 Å². The highest BCUT2D eigenvalue weighted by atomic mass is 35.5. The van der Waals surface area contributed by atoms with E-state index >= 15 is 0 Å². The maximum Gasteiger partial charge on any atom is 0.262 e. The van der Waals surface area contributed by atoms with Crippen LogP contribution in [0.4, 0.5) is 22.9 Å². The average Bonchev–Trinajstić information content (AvgIpc) is 3.63. The van der Waals surface area contributed by atoms with Crippen molar-refractivity contribution in [3.05, 3.63) is 82.1 Å². The van der Waals surface area contributed by atoms with Crippen LogP contribution in [0.15, 0.2) is 48.8 Å². The monoisotopic (exact) mass is 775 g/mol. The lowest BCUT2D eigenvalue weighted by molar-refractivity contribution is -0.136. The van der Waals surface area contributed by atoms with E-state index < -0.39 is 23.8 Å². The summed E-state index contributed by atoms with van der Waals surface area (Å²) in [5, 5.41) is 2.77. The summed E-state index contributed by atoms with van der Waals surface area (Å²) in [7, 11) is 0. The molecule has 3 aromatic rings. The molecule has 6 aliphatic heterocycles. The van der Waals surface area contributed by atoms with Crippen LogP contribution in [-0.4, -0.2) is 107 Å². The number of fused-ring (bicyclic) bond motifs is 1. The number of aromatic nitrogens is 2. The minimum atomic E-state index is -0.960. The predicted molar refractivity (Wildman–Crippen MR) is 212 cm³/mol. The molecular formula is C42H46ClN9O4. The molecule has 0 bridgehead atoms. The Bertz CT molecular complexity index is 2120. The second kappa shape index (κ2) is 14.5. The van der Waals surface area contributed by atoms with Crippen LogP contribution in [0.2, 0.25) is 5.02 Å². The number of nitrogens with one attached hydrogen (secondary N) is 1. The second-order valence-electron chi connectivity index (χ2n) is 16.7. The SMILES string of the molecule is [C-]#[N+]c1ccc(N2CC3(CCN(c4cnc(CC5CCN(C6CN(c7ccc8c(c7)C(=O)N(C7CCC(=O)NC7=O)C8=O)C6)CC5)cn4)CC3)C[C@@H]2C)cc1Cl. The molecule has 1 N–H and O–H groups in total. The van der Waals surface area contributed by atoms with Gasteiger partial charge in [-0.25, -0.2) is 9.83 Å². The van der Waals surface area contributed by atoms with Crippen LogP contribution in [0.3, 0.4) is 0 Å². The number of halogens is 1. The molecule has 1 unspecified atom stereocenters. The summed E-state index contributed by atoms with van der Waals surface area (Å²) in [4.78, 5) is 74.3. The third-order valence-electron chi connectivity index (χ3n) is 13.3. The van der Waals surface area contributed by atoms with Gasteiger partial charge in [0.1, 0.15) is 11.9 Å². The molecule has 56 heavy (non-hydrogen) atoms. The minimum Gasteiger partial charge on any atom is -0.368 e. The van der Waals surface area contributed by atoms with E-state index in [1.54, 1.807) is 12.1 Å². The van der Waals surface area contributed by atoms with Gasteiger partial charge >= 0.3 is 0 Å². The molecule has 5 fully saturated rings. The van der Waals surface area contributed by atoms with Gasteiger partial charge in [0, 0.05) is 67.6 Å². The number of anilines is 3. The number of imide groups is 2. The largest absolute Gasteiger partial charge is 0.368 e. The van der Waals surface area contributed by atoms with E-state index in [2.05, 4.69) is 36.7 Å². The van der Waals surface area contributed by atoms with Gasteiger partial charge in [-0.15, -0.1) is 0 Å². The maximum absolute atomic E-state index is 13.3. The maximum atomic E-state index is 13.3. The number of carbonyl (C=O) groups excluding carboxylic acids is 4. The normalized spacial score (nSPS) is 24.4. The van der Waals surface area contributed by atoms with Crippen LogP contribution >= 0.6 is 11.6 Å². The van der Waals surface area contributed by atoms with E-state index in [1.165, 1.54) is 0 Å². The molecule has 0 saturated carbocycles. The third kappa shape index (κ3) is 6.66. The summed E-state index contributed by atoms with van der Waals surface area (Å²) in [6.45, 7) is 16.3. The Morgan fingerprint density at radius 1 is 0.893 bits per heavy atom. The van der Waals surface area contributed by atoms with Gasteiger partial charge in [-0.05, 0) is 107 Å². The number of likely N-dealkylation sites (tertiary alicyclic amines) is 1. The van der Waals surface area contributed by atoms with E-state index in [4.69, 9.17) is 28.1 Å². The van der Waals surface area contributed by atoms with Crippen molar-refractivity contribution in [2.45, 2.75) is 76.4 Å². The van der Waals surface area contributed by atoms with Crippen molar-refractivity contribution in [3.8, 4) is 0 Å². The van der Waals surface area contributed by atoms with Crippen LogP contribution < -0.4 is 20.0 Å². The van der Waals surface area contributed by atoms with Gasteiger partial charge in [0.05, 0.1) is 35.8 Å². The van der Waals surface area contributed by atoms with Crippen molar-refractivity contribution in [2.75, 3.05) is 60.5 Å². The zero-order valence-electron chi connectivity index (χ0n) is 31.6. The number of hydrogen-bond acceptors (Lipinski definition) is 10. The number of benzene rings is 2. The average molecular weight is 776 g/mol. The highest BCUT2D eigenvalue weighted by molar-refractivity contribution is 6.33. The van der Waals surface area contributed by atoms with Crippen molar-refractivity contribution in [2.24, 2.45) is 11.3 Å². The van der Waals surface area contributed by atoms with Gasteiger partial charge in [-0.3, -0.25) is 39.3 Å². The Kier molecular flexibility index (Phi) is 9.45. The molecule has 1 aromatic heterocycles. The Labute approximate surface area is 331 Å². The number of rotatable bonds is 7. The molecule has 9 rings (SSSR count). The lowest BCUT2D eigenvalue weighted by Crippen LogP contribution is -2.61. The van der Waals surface area contributed by atoms with Crippen LogP contribution in [0.25, 0.3) is 4.85 Å². The van der Waals surface area contributed by atoms with Crippen molar-refractivity contribution >= 4 is 58.1 Å². The molecular weight excluding hydrogens is 730 g/mol. The lowest BCUT2D eigenvalue weighted by atomic mass is 9.77. The number of nitrogens with zero attached hydrogens (tertiary/aromatic N) is 8. The first-order chi connectivity index (χ1) is 27.1. The van der Waals surface area contributed by atoms with Gasteiger partial charge in [-0.1, -0.05) is 17.7 Å². The smallest absolute Gasteiger partial charge is 0.262 e. The van der Waals surface area contributed by atoms with E-state index in [0.717, 1.165) is 112 Å². The summed E-state index contributed by atoms with van der Waals surface area (Å²) >= 11 is 6.38. The zero-order valence-corrected chi connectivity index (χ0v) is 32.4. The van der Waals surface area contributed by atoms with Crippen molar-refractivity contribution in [1.29, 1.82) is 0 Å². The first-order valence-electron chi connectivity index (χ1n) is 19.9. The van der Waals surface area contributed by atoms with Crippen molar-refractivity contribution in [1.82, 2.24) is 25.1 Å². The Morgan fingerprint density at radius 3 is 2.34 bits per heavy atom. The lowest BCUT2D eigenvalue weighted by Gasteiger charge is -2.48. The van der Waals surface area contributed by atoms with E-state index in [0.29, 0.717) is 39.8 Å². The fourth-order valence-electron chi connectivity index (χ4n) is 9.99. The number of hydrogen-bond donors (Lipinski definition) is 1. The summed E-state index contributed by atoms with van der Waals surface area (Å²) in [6, 6.07) is 11.1. The molecule has 4 amide bonds. The van der Waals surface area contributed by atoms with E-state index in [9.17, 15) is 19.2 Å². The summed E-state index contributed by atoms with van der Waals surface area (Å²) in [5.74, 6) is -0.396. The second-order valence-corrected chi connectivity index (χ2v) is 17.1. The molecule has 0 aliphatic carbocycles. The van der Waals surface area contributed by atoms with E-state index in [-0.39, 0.29) is 24.2 Å². The van der Waals surface area contributed by atoms with Crippen molar-refractivity contribution in [3.63, 3.8) is 0 Å². The molecule has 290 valence electrons. The van der Waals surface area contributed by atoms with Crippen LogP contribution in [0.1, 0.15) is 78.3 Å². The molecule has 14 heteroatoms. The molecule has 2 aromatic carbocycles. The zero-order chi connectivity index (χ0) is 38.7. The molecule has 7 heterocycles. The Balaban J connectivity index is 0.725. The van der Waals surface area contributed by atoms with Crippen LogP contribution in [0.5, 0.6) is 0 Å². The van der Waals surface area contributed by atoms with Crippen molar-refractivity contribution < 1.29 is 19.2 Å². The standard InChI is InChI=1S/C42H46ClN9O4/c1-26-20-42(25-51(26)30-4-6-35(44-2)34(43)19-30)11-15-49(16-12-42)37-22-45-28(21-46-37)17-27-9-13-48(14-10-27)31-23-50(24-31)29-3-5-32-33(18-29)41(56)52(40(32)55)36-7-8-38(53)47-39(36)54/h3-6,18-19,21-22,26-27,31,36H,7-17,20,23-25H2,1H3,(H,47,53,54)/t26-,36?/m0/s1. The summed E-state index contributed by atoms with van der Waals surface area (Å²) in [6.07, 6.45) is 10.7. The first kappa shape index (κ1) is 36.6. The number of carbonyl (C=O) groups is 4. The summed E-state index contributed by atoms with van der Waals surface area (Å²) in [5.41, 5.74) is 4.46. The Hall–Kier alpha value is -5.06. The molecule has 5 saturated heterocycles. The minimum absolute atomic E-state index is 0.102. The highest BCUT2D eigenvalue weighted by Crippen LogP contribution is 2.46. The fourth-order valence-corrected chi connectivity index (χ4v) is 10.2. The first-order valence-corrected chi connectivity index (χ1v) is 20.3. The number of amides is 4. The molecule has 1 spiro atoms. The van der Waals surface area contributed by atoms with E-state index in [1.807, 2.05) is 36.7 Å².